The smallest absolute Gasteiger partial charge is 0.250 e. The number of nitrogens with zero attached hydrogens (tertiary/aromatic N) is 1. The van der Waals surface area contributed by atoms with Gasteiger partial charge in [0.2, 0.25) is 17.7 Å². The molecule has 192 valence electrons. The molecule has 3 fully saturated rings. The van der Waals surface area contributed by atoms with Gasteiger partial charge in [0.15, 0.2) is 0 Å². The third-order valence-corrected chi connectivity index (χ3v) is 8.50. The maximum atomic E-state index is 13.8. The van der Waals surface area contributed by atoms with Crippen molar-refractivity contribution < 1.29 is 24.2 Å². The lowest BCUT2D eigenvalue weighted by molar-refractivity contribution is -0.140. The van der Waals surface area contributed by atoms with Gasteiger partial charge in [0.05, 0.1) is 28.6 Å². The van der Waals surface area contributed by atoms with E-state index in [1.54, 1.807) is 29.2 Å². The Bertz CT molecular complexity index is 965. The number of alkyl halides is 1. The van der Waals surface area contributed by atoms with Gasteiger partial charge in [-0.2, -0.15) is 0 Å². The number of anilines is 1. The fraction of sp³-hybridized carbons (Fsp3) is 0.640. The minimum atomic E-state index is -1.08. The molecule has 35 heavy (non-hydrogen) atoms. The van der Waals surface area contributed by atoms with Crippen LogP contribution in [-0.4, -0.2) is 70.0 Å². The molecule has 3 unspecified atom stereocenters. The van der Waals surface area contributed by atoms with Crippen molar-refractivity contribution in [3.05, 3.63) is 29.3 Å². The van der Waals surface area contributed by atoms with E-state index < -0.39 is 29.6 Å². The minimum Gasteiger partial charge on any atom is -0.396 e. The predicted molar refractivity (Wildman–Crippen MR) is 136 cm³/mol. The van der Waals surface area contributed by atoms with Gasteiger partial charge in [-0.05, 0) is 37.8 Å². The lowest BCUT2D eigenvalue weighted by Gasteiger charge is -2.34. The highest BCUT2D eigenvalue weighted by atomic mass is 79.9. The summed E-state index contributed by atoms with van der Waals surface area (Å²) in [6, 6.07) is 6.09. The molecule has 0 radical (unpaired) electrons. The third-order valence-electron chi connectivity index (χ3n) is 7.33. The summed E-state index contributed by atoms with van der Waals surface area (Å²) >= 11 is 9.96. The topological polar surface area (TPSA) is 108 Å². The van der Waals surface area contributed by atoms with Crippen molar-refractivity contribution in [3.8, 4) is 0 Å². The first-order valence-corrected chi connectivity index (χ1v) is 13.7. The summed E-state index contributed by atoms with van der Waals surface area (Å²) in [5.74, 6) is -2.12. The van der Waals surface area contributed by atoms with Crippen LogP contribution in [0.3, 0.4) is 0 Å². The van der Waals surface area contributed by atoms with Crippen molar-refractivity contribution in [1.29, 1.82) is 0 Å². The van der Waals surface area contributed by atoms with E-state index in [0.717, 1.165) is 19.3 Å². The molecule has 2 bridgehead atoms. The second-order valence-corrected chi connectivity index (χ2v) is 11.2. The fourth-order valence-corrected chi connectivity index (χ4v) is 6.97. The number of para-hydroxylation sites is 1. The third kappa shape index (κ3) is 4.84. The van der Waals surface area contributed by atoms with Crippen molar-refractivity contribution >= 4 is 50.9 Å². The van der Waals surface area contributed by atoms with Crippen LogP contribution in [0, 0.1) is 11.8 Å². The van der Waals surface area contributed by atoms with E-state index in [4.69, 9.17) is 21.4 Å². The summed E-state index contributed by atoms with van der Waals surface area (Å²) in [7, 11) is 0. The summed E-state index contributed by atoms with van der Waals surface area (Å²) in [5, 5.41) is 15.3. The largest absolute Gasteiger partial charge is 0.396 e. The van der Waals surface area contributed by atoms with Gasteiger partial charge < -0.3 is 25.4 Å². The Kier molecular flexibility index (Phi) is 8.41. The molecule has 4 rings (SSSR count). The van der Waals surface area contributed by atoms with Crippen molar-refractivity contribution in [2.45, 2.75) is 68.0 Å². The molecule has 1 aromatic carbocycles. The SMILES string of the molecule is CCCNC(=O)[C@H]1[C@H]2C(=O)N(CCCCCCO)C(C(=O)Nc3ccccc3Cl)C23CC(Br)[C@@H]1O3. The number of hydrogen-bond acceptors (Lipinski definition) is 5. The molecule has 8 nitrogen and oxygen atoms in total. The number of carbonyl (C=O) groups is 3. The number of aliphatic hydroxyl groups is 1. The monoisotopic (exact) mass is 569 g/mol. The highest BCUT2D eigenvalue weighted by Gasteiger charge is 2.76. The highest BCUT2D eigenvalue weighted by Crippen LogP contribution is 2.60. The summed E-state index contributed by atoms with van der Waals surface area (Å²) in [6.07, 6.45) is 3.84. The van der Waals surface area contributed by atoms with Gasteiger partial charge in [0.25, 0.3) is 0 Å². The molecule has 3 heterocycles. The number of carbonyl (C=O) groups excluding carboxylic acids is 3. The van der Waals surface area contributed by atoms with Crippen LogP contribution in [-0.2, 0) is 19.1 Å². The zero-order valence-electron chi connectivity index (χ0n) is 19.8. The number of likely N-dealkylation sites (tertiary alicyclic amines) is 1. The van der Waals surface area contributed by atoms with Crippen molar-refractivity contribution in [2.24, 2.45) is 11.8 Å². The van der Waals surface area contributed by atoms with E-state index in [2.05, 4.69) is 26.6 Å². The van der Waals surface area contributed by atoms with E-state index in [-0.39, 0.29) is 29.2 Å². The molecule has 0 aliphatic carbocycles. The first kappa shape index (κ1) is 26.4. The quantitative estimate of drug-likeness (QED) is 0.280. The molecular formula is C25H33BrClN3O5. The molecule has 10 heteroatoms. The van der Waals surface area contributed by atoms with E-state index in [9.17, 15) is 14.4 Å². The highest BCUT2D eigenvalue weighted by molar-refractivity contribution is 9.09. The Morgan fingerprint density at radius 1 is 1.23 bits per heavy atom. The molecule has 0 aromatic heterocycles. The molecule has 3 aliphatic rings. The maximum absolute atomic E-state index is 13.8. The molecule has 3 amide bonds. The lowest BCUT2D eigenvalue weighted by atomic mass is 9.70. The van der Waals surface area contributed by atoms with Crippen molar-refractivity contribution in [2.75, 3.05) is 25.0 Å². The normalized spacial score (nSPS) is 31.0. The number of nitrogens with one attached hydrogen (secondary N) is 2. The van der Waals surface area contributed by atoms with Gasteiger partial charge in [-0.15, -0.1) is 0 Å². The zero-order chi connectivity index (χ0) is 25.2. The van der Waals surface area contributed by atoms with Gasteiger partial charge in [-0.3, -0.25) is 14.4 Å². The van der Waals surface area contributed by atoms with Gasteiger partial charge >= 0.3 is 0 Å². The van der Waals surface area contributed by atoms with E-state index in [1.807, 2.05) is 6.92 Å². The Balaban J connectivity index is 1.64. The summed E-state index contributed by atoms with van der Waals surface area (Å²) in [6.45, 7) is 3.01. The van der Waals surface area contributed by atoms with E-state index in [0.29, 0.717) is 43.1 Å². The van der Waals surface area contributed by atoms with Crippen LogP contribution in [0.1, 0.15) is 45.4 Å². The fourth-order valence-electron chi connectivity index (χ4n) is 5.85. The molecular weight excluding hydrogens is 538 g/mol. The van der Waals surface area contributed by atoms with Crippen molar-refractivity contribution in [3.63, 3.8) is 0 Å². The van der Waals surface area contributed by atoms with Gasteiger partial charge in [0, 0.05) is 24.5 Å². The lowest BCUT2D eigenvalue weighted by Crippen LogP contribution is -2.54. The number of amides is 3. The number of benzene rings is 1. The summed E-state index contributed by atoms with van der Waals surface area (Å²) in [4.78, 5) is 42.2. The van der Waals surface area contributed by atoms with Crippen LogP contribution >= 0.6 is 27.5 Å². The molecule has 0 saturated carbocycles. The van der Waals surface area contributed by atoms with Crippen LogP contribution in [0.2, 0.25) is 5.02 Å². The Morgan fingerprint density at radius 3 is 2.69 bits per heavy atom. The second-order valence-electron chi connectivity index (χ2n) is 9.59. The van der Waals surface area contributed by atoms with Gasteiger partial charge in [-0.1, -0.05) is 59.4 Å². The molecule has 3 N–H and O–H groups in total. The van der Waals surface area contributed by atoms with Gasteiger partial charge in [-0.25, -0.2) is 0 Å². The number of halogens is 2. The zero-order valence-corrected chi connectivity index (χ0v) is 22.2. The second kappa shape index (κ2) is 11.2. The van der Waals surface area contributed by atoms with Crippen LogP contribution in [0.4, 0.5) is 5.69 Å². The van der Waals surface area contributed by atoms with Crippen molar-refractivity contribution in [1.82, 2.24) is 10.2 Å². The standard InChI is InChI=1S/C25H33BrClN3O5/c1-2-11-28-22(32)18-19-24(34)30(12-7-3-4-8-13-31)21(25(19)14-15(26)20(18)35-25)23(33)29-17-10-6-5-9-16(17)27/h5-6,9-10,15,18-21,31H,2-4,7-8,11-14H2,1H3,(H,28,32)(H,29,33)/t15?,18-,19-,20-,21?,25?/m0/s1. The minimum absolute atomic E-state index is 0.132. The van der Waals surface area contributed by atoms with Gasteiger partial charge in [0.1, 0.15) is 11.6 Å². The molecule has 1 spiro atoms. The first-order chi connectivity index (χ1) is 16.9. The van der Waals surface area contributed by atoms with Crippen LogP contribution < -0.4 is 10.6 Å². The molecule has 1 aromatic rings. The average molecular weight is 571 g/mol. The maximum Gasteiger partial charge on any atom is 0.250 e. The van der Waals surface area contributed by atoms with Crippen LogP contribution in [0.25, 0.3) is 0 Å². The number of rotatable bonds is 11. The number of ether oxygens (including phenoxy) is 1. The predicted octanol–water partition coefficient (Wildman–Crippen LogP) is 3.11. The Morgan fingerprint density at radius 2 is 1.97 bits per heavy atom. The van der Waals surface area contributed by atoms with E-state index >= 15 is 0 Å². The Hall–Kier alpha value is -1.68. The van der Waals surface area contributed by atoms with Crippen LogP contribution in [0.5, 0.6) is 0 Å². The number of fused-ring (bicyclic) bond motifs is 1. The molecule has 6 atom stereocenters. The number of hydrogen-bond donors (Lipinski definition) is 3. The van der Waals surface area contributed by atoms with Crippen LogP contribution in [0.15, 0.2) is 24.3 Å². The molecule has 3 saturated heterocycles. The summed E-state index contributed by atoms with van der Waals surface area (Å²) in [5.41, 5.74) is -0.616. The molecule has 3 aliphatic heterocycles. The number of aliphatic hydroxyl groups excluding tert-OH is 1. The number of unbranched alkanes of at least 4 members (excludes halogenated alkanes) is 3. The summed E-state index contributed by atoms with van der Waals surface area (Å²) < 4.78 is 6.46. The van der Waals surface area contributed by atoms with E-state index in [1.165, 1.54) is 0 Å². The first-order valence-electron chi connectivity index (χ1n) is 12.4. The Labute approximate surface area is 219 Å². The average Bonchev–Trinajstić information content (AvgIpc) is 3.42.